The van der Waals surface area contributed by atoms with E-state index in [0.717, 1.165) is 11.4 Å². The number of carbonyl (C=O) groups excluding carboxylic acids is 1. The first-order valence-corrected chi connectivity index (χ1v) is 11.0. The number of thioether (sulfide) groups is 1. The molecule has 0 saturated carbocycles. The summed E-state index contributed by atoms with van der Waals surface area (Å²) in [7, 11) is 0. The maximum atomic E-state index is 12.5. The van der Waals surface area contributed by atoms with Gasteiger partial charge in [0.05, 0.1) is 18.6 Å². The molecule has 31 heavy (non-hydrogen) atoms. The van der Waals surface area contributed by atoms with Crippen molar-refractivity contribution in [2.45, 2.75) is 31.5 Å². The van der Waals surface area contributed by atoms with Crippen molar-refractivity contribution in [2.24, 2.45) is 0 Å². The van der Waals surface area contributed by atoms with E-state index >= 15 is 0 Å². The number of aromatic nitrogens is 4. The normalized spacial score (nSPS) is 11.1. The molecule has 0 aliphatic carbocycles. The van der Waals surface area contributed by atoms with Gasteiger partial charge in [-0.15, -0.1) is 10.2 Å². The van der Waals surface area contributed by atoms with Crippen LogP contribution in [0.25, 0.3) is 11.5 Å². The fourth-order valence-corrected chi connectivity index (χ4v) is 3.80. The summed E-state index contributed by atoms with van der Waals surface area (Å²) in [6.07, 6.45) is 3.34. The summed E-state index contributed by atoms with van der Waals surface area (Å²) in [5.74, 6) is 1.96. The molecule has 1 amide bonds. The highest BCUT2D eigenvalue weighted by molar-refractivity contribution is 7.99. The van der Waals surface area contributed by atoms with E-state index in [9.17, 15) is 4.79 Å². The Morgan fingerprint density at radius 3 is 2.61 bits per heavy atom. The fourth-order valence-electron chi connectivity index (χ4n) is 3.06. The summed E-state index contributed by atoms with van der Waals surface area (Å²) in [6, 6.07) is 17.3. The fraction of sp³-hybridized carbons (Fsp3) is 0.217. The van der Waals surface area contributed by atoms with Gasteiger partial charge in [-0.1, -0.05) is 43.8 Å². The molecule has 3 heterocycles. The van der Waals surface area contributed by atoms with Crippen molar-refractivity contribution in [3.63, 3.8) is 0 Å². The van der Waals surface area contributed by atoms with Crippen LogP contribution in [0.4, 0.5) is 5.69 Å². The maximum absolute atomic E-state index is 12.5. The standard InChI is InChI=1S/C23H23N5O2S/c1-16(2)17-8-10-18(11-9-17)25-21(29)15-31-23-27-26-22(20-7-3-4-12-24-20)28(23)14-19-6-5-13-30-19/h3-13,16H,14-15H2,1-2H3,(H,25,29). The van der Waals surface area contributed by atoms with Gasteiger partial charge in [0, 0.05) is 11.9 Å². The number of hydrogen-bond donors (Lipinski definition) is 1. The molecule has 4 aromatic rings. The maximum Gasteiger partial charge on any atom is 0.234 e. The molecule has 0 bridgehead atoms. The molecule has 0 aliphatic rings. The number of rotatable bonds is 8. The average molecular weight is 434 g/mol. The van der Waals surface area contributed by atoms with E-state index in [1.807, 2.05) is 59.2 Å². The van der Waals surface area contributed by atoms with Crippen LogP contribution in [0.5, 0.6) is 0 Å². The summed E-state index contributed by atoms with van der Waals surface area (Å²) >= 11 is 1.33. The molecule has 7 nitrogen and oxygen atoms in total. The zero-order chi connectivity index (χ0) is 21.6. The van der Waals surface area contributed by atoms with Crippen molar-refractivity contribution in [3.05, 3.63) is 78.4 Å². The predicted molar refractivity (Wildman–Crippen MR) is 121 cm³/mol. The molecule has 158 valence electrons. The summed E-state index contributed by atoms with van der Waals surface area (Å²) in [4.78, 5) is 16.9. The third-order valence-electron chi connectivity index (χ3n) is 4.70. The van der Waals surface area contributed by atoms with Gasteiger partial charge in [-0.2, -0.15) is 0 Å². The van der Waals surface area contributed by atoms with Gasteiger partial charge in [0.25, 0.3) is 0 Å². The zero-order valence-electron chi connectivity index (χ0n) is 17.4. The van der Waals surface area contributed by atoms with E-state index in [0.29, 0.717) is 29.1 Å². The largest absolute Gasteiger partial charge is 0.467 e. The molecule has 0 fully saturated rings. The number of amides is 1. The molecule has 0 aliphatic heterocycles. The molecule has 0 spiro atoms. The first kappa shape index (κ1) is 20.9. The molecule has 1 N–H and O–H groups in total. The summed E-state index contributed by atoms with van der Waals surface area (Å²) in [5.41, 5.74) is 2.73. The Kier molecular flexibility index (Phi) is 6.47. The number of hydrogen-bond acceptors (Lipinski definition) is 6. The van der Waals surface area contributed by atoms with Crippen LogP contribution in [0.15, 0.2) is 76.6 Å². The van der Waals surface area contributed by atoms with Gasteiger partial charge in [-0.25, -0.2) is 0 Å². The highest BCUT2D eigenvalue weighted by Crippen LogP contribution is 2.24. The van der Waals surface area contributed by atoms with Crippen molar-refractivity contribution >= 4 is 23.4 Å². The minimum atomic E-state index is -0.103. The minimum absolute atomic E-state index is 0.103. The Morgan fingerprint density at radius 2 is 1.94 bits per heavy atom. The quantitative estimate of drug-likeness (QED) is 0.400. The highest BCUT2D eigenvalue weighted by atomic mass is 32.2. The van der Waals surface area contributed by atoms with Crippen LogP contribution < -0.4 is 5.32 Å². The number of nitrogens with zero attached hydrogens (tertiary/aromatic N) is 4. The van der Waals surface area contributed by atoms with Gasteiger partial charge in [0.1, 0.15) is 11.5 Å². The summed E-state index contributed by atoms with van der Waals surface area (Å²) < 4.78 is 7.41. The van der Waals surface area contributed by atoms with Crippen molar-refractivity contribution < 1.29 is 9.21 Å². The lowest BCUT2D eigenvalue weighted by molar-refractivity contribution is -0.113. The molecule has 8 heteroatoms. The van der Waals surface area contributed by atoms with Gasteiger partial charge < -0.3 is 9.73 Å². The second-order valence-corrected chi connectivity index (χ2v) is 8.24. The molecule has 3 aromatic heterocycles. The number of pyridine rings is 1. The zero-order valence-corrected chi connectivity index (χ0v) is 18.2. The molecule has 1 aromatic carbocycles. The van der Waals surface area contributed by atoms with Crippen LogP contribution in [-0.2, 0) is 11.3 Å². The van der Waals surface area contributed by atoms with Crippen molar-refractivity contribution in [3.8, 4) is 11.5 Å². The lowest BCUT2D eigenvalue weighted by atomic mass is 10.0. The van der Waals surface area contributed by atoms with Gasteiger partial charge in [-0.05, 0) is 47.9 Å². The van der Waals surface area contributed by atoms with Gasteiger partial charge in [-0.3, -0.25) is 14.3 Å². The first-order chi connectivity index (χ1) is 15.1. The predicted octanol–water partition coefficient (Wildman–Crippen LogP) is 4.84. The van der Waals surface area contributed by atoms with Crippen molar-refractivity contribution in [1.82, 2.24) is 19.7 Å². The minimum Gasteiger partial charge on any atom is -0.467 e. The summed E-state index contributed by atoms with van der Waals surface area (Å²) in [5, 5.41) is 12.2. The number of furan rings is 1. The van der Waals surface area contributed by atoms with E-state index in [1.165, 1.54) is 17.3 Å². The number of carbonyl (C=O) groups is 1. The number of nitrogens with one attached hydrogen (secondary N) is 1. The first-order valence-electron chi connectivity index (χ1n) is 10.00. The smallest absolute Gasteiger partial charge is 0.234 e. The van der Waals surface area contributed by atoms with Gasteiger partial charge >= 0.3 is 0 Å². The average Bonchev–Trinajstić information content (AvgIpc) is 3.44. The van der Waals surface area contributed by atoms with E-state index in [1.54, 1.807) is 12.5 Å². The van der Waals surface area contributed by atoms with Crippen LogP contribution in [0.1, 0.15) is 31.1 Å². The van der Waals surface area contributed by atoms with E-state index in [-0.39, 0.29) is 11.7 Å². The van der Waals surface area contributed by atoms with Gasteiger partial charge in [0.2, 0.25) is 5.91 Å². The molecular formula is C23H23N5O2S. The van der Waals surface area contributed by atoms with Crippen LogP contribution in [0, 0.1) is 0 Å². The molecule has 4 rings (SSSR count). The van der Waals surface area contributed by atoms with Crippen LogP contribution in [-0.4, -0.2) is 31.4 Å². The lowest BCUT2D eigenvalue weighted by Gasteiger charge is -2.10. The highest BCUT2D eigenvalue weighted by Gasteiger charge is 2.17. The SMILES string of the molecule is CC(C)c1ccc(NC(=O)CSc2nnc(-c3ccccn3)n2Cc2ccco2)cc1. The molecule has 0 unspecified atom stereocenters. The van der Waals surface area contributed by atoms with Crippen molar-refractivity contribution in [2.75, 3.05) is 11.1 Å². The molecule has 0 atom stereocenters. The molecule has 0 radical (unpaired) electrons. The van der Waals surface area contributed by atoms with Gasteiger partial charge in [0.15, 0.2) is 11.0 Å². The molecular weight excluding hydrogens is 410 g/mol. The summed E-state index contributed by atoms with van der Waals surface area (Å²) in [6.45, 7) is 4.73. The van der Waals surface area contributed by atoms with E-state index in [4.69, 9.17) is 4.42 Å². The number of benzene rings is 1. The topological polar surface area (TPSA) is 85.8 Å². The molecule has 0 saturated heterocycles. The third-order valence-corrected chi connectivity index (χ3v) is 5.67. The third kappa shape index (κ3) is 5.21. The monoisotopic (exact) mass is 433 g/mol. The Labute approximate surface area is 184 Å². The van der Waals surface area contributed by atoms with Crippen LogP contribution in [0.2, 0.25) is 0 Å². The van der Waals surface area contributed by atoms with Crippen LogP contribution >= 0.6 is 11.8 Å². The Hall–Kier alpha value is -3.39. The Morgan fingerprint density at radius 1 is 1.10 bits per heavy atom. The Bertz CT molecular complexity index is 1120. The van der Waals surface area contributed by atoms with Crippen LogP contribution in [0.3, 0.4) is 0 Å². The van der Waals surface area contributed by atoms with Crippen molar-refractivity contribution in [1.29, 1.82) is 0 Å². The lowest BCUT2D eigenvalue weighted by Crippen LogP contribution is -2.15. The number of anilines is 1. The van der Waals surface area contributed by atoms with E-state index < -0.39 is 0 Å². The second kappa shape index (κ2) is 9.61. The second-order valence-electron chi connectivity index (χ2n) is 7.30. The van der Waals surface area contributed by atoms with E-state index in [2.05, 4.69) is 34.3 Å². The Balaban J connectivity index is 1.47.